The monoisotopic (exact) mass is 316 g/mol. The van der Waals surface area contributed by atoms with Crippen molar-refractivity contribution in [3.05, 3.63) is 53.0 Å². The minimum absolute atomic E-state index is 0.0891. The minimum atomic E-state index is -0.691. The number of anilines is 1. The smallest absolute Gasteiger partial charge is 0.253 e. The van der Waals surface area contributed by atoms with Gasteiger partial charge in [0.25, 0.3) is 5.91 Å². The fourth-order valence-corrected chi connectivity index (χ4v) is 2.03. The number of pyridine rings is 1. The van der Waals surface area contributed by atoms with E-state index < -0.39 is 11.7 Å². The number of ether oxygens (including phenoxy) is 1. The van der Waals surface area contributed by atoms with Gasteiger partial charge >= 0.3 is 0 Å². The first-order valence-corrected chi connectivity index (χ1v) is 7.01. The van der Waals surface area contributed by atoms with Crippen LogP contribution in [0.25, 0.3) is 0 Å². The summed E-state index contributed by atoms with van der Waals surface area (Å²) in [5, 5.41) is 10.0. The van der Waals surface area contributed by atoms with E-state index in [1.165, 1.54) is 6.20 Å². The van der Waals surface area contributed by atoms with Gasteiger partial charge in [0.1, 0.15) is 0 Å². The van der Waals surface area contributed by atoms with Crippen molar-refractivity contribution in [1.82, 2.24) is 10.3 Å². The quantitative estimate of drug-likeness (QED) is 0.561. The third-order valence-electron chi connectivity index (χ3n) is 3.16. The van der Waals surface area contributed by atoms with Gasteiger partial charge < -0.3 is 21.2 Å². The standard InChI is InChI=1S/C16H17FN4O2/c1-2-23-16-13(17)6-11(9-21-16)15(22)20-8-10-4-3-5-14(19)12(10)7-18/h3-7,9,18H,2,8,19H2,1H3,(H,20,22). The number of nitrogens with zero attached hydrogens (tertiary/aromatic N) is 1. The molecule has 120 valence electrons. The predicted octanol–water partition coefficient (Wildman–Crippen LogP) is 2.13. The van der Waals surface area contributed by atoms with E-state index in [9.17, 15) is 9.18 Å². The molecule has 0 spiro atoms. The van der Waals surface area contributed by atoms with Crippen molar-refractivity contribution >= 4 is 17.8 Å². The van der Waals surface area contributed by atoms with E-state index in [-0.39, 0.29) is 24.6 Å². The van der Waals surface area contributed by atoms with Crippen LogP contribution in [0, 0.1) is 11.2 Å². The summed E-state index contributed by atoms with van der Waals surface area (Å²) in [7, 11) is 0. The number of hydrogen-bond donors (Lipinski definition) is 3. The van der Waals surface area contributed by atoms with Crippen LogP contribution in [0.5, 0.6) is 5.88 Å². The molecular formula is C16H17FN4O2. The number of rotatable bonds is 6. The summed E-state index contributed by atoms with van der Waals surface area (Å²) < 4.78 is 18.7. The number of nitrogens with two attached hydrogens (primary N) is 1. The Hall–Kier alpha value is -2.96. The molecule has 0 aliphatic heterocycles. The lowest BCUT2D eigenvalue weighted by Gasteiger charge is -2.10. The SMILES string of the molecule is CCOc1ncc(C(=O)NCc2cccc(N)c2C=N)cc1F. The number of amides is 1. The van der Waals surface area contributed by atoms with Crippen molar-refractivity contribution in [3.63, 3.8) is 0 Å². The Kier molecular flexibility index (Phi) is 5.24. The average Bonchev–Trinajstić information content (AvgIpc) is 2.54. The van der Waals surface area contributed by atoms with Crippen molar-refractivity contribution in [1.29, 1.82) is 5.41 Å². The van der Waals surface area contributed by atoms with E-state index in [1.807, 2.05) is 0 Å². The van der Waals surface area contributed by atoms with Crippen LogP contribution in [0.2, 0.25) is 0 Å². The second-order valence-corrected chi connectivity index (χ2v) is 4.69. The molecule has 0 fully saturated rings. The molecular weight excluding hydrogens is 299 g/mol. The summed E-state index contributed by atoms with van der Waals surface area (Å²) in [6.07, 6.45) is 2.38. The van der Waals surface area contributed by atoms with Crippen LogP contribution in [0.1, 0.15) is 28.4 Å². The van der Waals surface area contributed by atoms with Crippen LogP contribution in [0.3, 0.4) is 0 Å². The van der Waals surface area contributed by atoms with Crippen LogP contribution in [0.15, 0.2) is 30.5 Å². The molecule has 0 saturated carbocycles. The molecule has 1 aromatic carbocycles. The maximum absolute atomic E-state index is 13.7. The molecule has 0 bridgehead atoms. The van der Waals surface area contributed by atoms with Crippen LogP contribution < -0.4 is 15.8 Å². The van der Waals surface area contributed by atoms with Crippen molar-refractivity contribution < 1.29 is 13.9 Å². The molecule has 4 N–H and O–H groups in total. The summed E-state index contributed by atoms with van der Waals surface area (Å²) in [4.78, 5) is 15.9. The lowest BCUT2D eigenvalue weighted by molar-refractivity contribution is 0.0950. The fourth-order valence-electron chi connectivity index (χ4n) is 2.03. The molecule has 0 unspecified atom stereocenters. The molecule has 0 radical (unpaired) electrons. The van der Waals surface area contributed by atoms with Gasteiger partial charge in [-0.2, -0.15) is 0 Å². The van der Waals surface area contributed by atoms with Gasteiger partial charge in [-0.1, -0.05) is 12.1 Å². The Morgan fingerprint density at radius 1 is 1.52 bits per heavy atom. The third-order valence-corrected chi connectivity index (χ3v) is 3.16. The zero-order valence-electron chi connectivity index (χ0n) is 12.6. The molecule has 0 saturated heterocycles. The van der Waals surface area contributed by atoms with Gasteiger partial charge in [0.05, 0.1) is 12.2 Å². The van der Waals surface area contributed by atoms with Crippen molar-refractivity contribution in [2.75, 3.05) is 12.3 Å². The highest BCUT2D eigenvalue weighted by Gasteiger charge is 2.12. The molecule has 0 aliphatic carbocycles. The van der Waals surface area contributed by atoms with Gasteiger partial charge in [0.2, 0.25) is 5.88 Å². The molecule has 7 heteroatoms. The van der Waals surface area contributed by atoms with Gasteiger partial charge in [-0.25, -0.2) is 9.37 Å². The minimum Gasteiger partial charge on any atom is -0.476 e. The lowest BCUT2D eigenvalue weighted by Crippen LogP contribution is -2.24. The number of aromatic nitrogens is 1. The van der Waals surface area contributed by atoms with E-state index in [1.54, 1.807) is 25.1 Å². The summed E-state index contributed by atoms with van der Waals surface area (Å²) in [5.41, 5.74) is 7.57. The second kappa shape index (κ2) is 7.35. The van der Waals surface area contributed by atoms with Gasteiger partial charge in [-0.05, 0) is 24.6 Å². The zero-order chi connectivity index (χ0) is 16.8. The van der Waals surface area contributed by atoms with E-state index in [2.05, 4.69) is 10.3 Å². The highest BCUT2D eigenvalue weighted by Crippen LogP contribution is 2.16. The lowest BCUT2D eigenvalue weighted by atomic mass is 10.1. The van der Waals surface area contributed by atoms with Crippen LogP contribution in [-0.2, 0) is 6.54 Å². The van der Waals surface area contributed by atoms with E-state index in [4.69, 9.17) is 15.9 Å². The van der Waals surface area contributed by atoms with Crippen molar-refractivity contribution in [3.8, 4) is 5.88 Å². The number of halogens is 1. The number of carbonyl (C=O) groups excluding carboxylic acids is 1. The average molecular weight is 316 g/mol. The van der Waals surface area contributed by atoms with E-state index >= 15 is 0 Å². The van der Waals surface area contributed by atoms with Gasteiger partial charge in [-0.3, -0.25) is 4.79 Å². The first kappa shape index (κ1) is 16.4. The third kappa shape index (κ3) is 3.82. The maximum Gasteiger partial charge on any atom is 0.253 e. The number of nitrogen functional groups attached to an aromatic ring is 1. The predicted molar refractivity (Wildman–Crippen MR) is 85.3 cm³/mol. The van der Waals surface area contributed by atoms with Crippen LogP contribution in [0.4, 0.5) is 10.1 Å². The van der Waals surface area contributed by atoms with Crippen molar-refractivity contribution in [2.24, 2.45) is 0 Å². The molecule has 2 aromatic rings. The summed E-state index contributed by atoms with van der Waals surface area (Å²) in [6.45, 7) is 2.18. The maximum atomic E-state index is 13.7. The molecule has 1 amide bonds. The van der Waals surface area contributed by atoms with E-state index in [0.717, 1.165) is 12.3 Å². The number of hydrogen-bond acceptors (Lipinski definition) is 5. The Morgan fingerprint density at radius 2 is 2.30 bits per heavy atom. The first-order valence-electron chi connectivity index (χ1n) is 7.01. The van der Waals surface area contributed by atoms with Gasteiger partial charge in [-0.15, -0.1) is 0 Å². The highest BCUT2D eigenvalue weighted by atomic mass is 19.1. The largest absolute Gasteiger partial charge is 0.476 e. The number of benzene rings is 1. The summed E-state index contributed by atoms with van der Waals surface area (Å²) in [6, 6.07) is 6.25. The topological polar surface area (TPSA) is 101 Å². The molecule has 1 heterocycles. The first-order chi connectivity index (χ1) is 11.1. The Balaban J connectivity index is 2.10. The number of nitrogens with one attached hydrogen (secondary N) is 2. The Labute approximate surface area is 133 Å². The molecule has 0 atom stereocenters. The van der Waals surface area contributed by atoms with Crippen LogP contribution in [-0.4, -0.2) is 23.7 Å². The van der Waals surface area contributed by atoms with E-state index in [0.29, 0.717) is 16.8 Å². The molecule has 23 heavy (non-hydrogen) atoms. The van der Waals surface area contributed by atoms with Crippen LogP contribution >= 0.6 is 0 Å². The fraction of sp³-hybridized carbons (Fsp3) is 0.188. The number of carbonyl (C=O) groups is 1. The van der Waals surface area contributed by atoms with Gasteiger partial charge in [0, 0.05) is 30.2 Å². The highest BCUT2D eigenvalue weighted by molar-refractivity contribution is 5.94. The molecule has 0 aliphatic rings. The normalized spacial score (nSPS) is 10.2. The molecule has 2 rings (SSSR count). The summed E-state index contributed by atoms with van der Waals surface area (Å²) in [5.74, 6) is -1.30. The Morgan fingerprint density at radius 3 is 2.96 bits per heavy atom. The zero-order valence-corrected chi connectivity index (χ0v) is 12.6. The Bertz CT molecular complexity index is 734. The van der Waals surface area contributed by atoms with Crippen molar-refractivity contribution in [2.45, 2.75) is 13.5 Å². The summed E-state index contributed by atoms with van der Waals surface area (Å²) >= 11 is 0. The molecule has 1 aromatic heterocycles. The second-order valence-electron chi connectivity index (χ2n) is 4.69. The molecule has 6 nitrogen and oxygen atoms in total. The van der Waals surface area contributed by atoms with Gasteiger partial charge in [0.15, 0.2) is 5.82 Å².